The highest BCUT2D eigenvalue weighted by molar-refractivity contribution is 9.10. The van der Waals surface area contributed by atoms with Crippen molar-refractivity contribution in [2.75, 3.05) is 11.4 Å². The van der Waals surface area contributed by atoms with E-state index in [9.17, 15) is 4.79 Å². The minimum Gasteiger partial charge on any atom is -0.308 e. The molecule has 3 nitrogen and oxygen atoms in total. The molecule has 0 atom stereocenters. The average molecular weight is 383 g/mol. The van der Waals surface area contributed by atoms with Crippen LogP contribution in [-0.2, 0) is 0 Å². The van der Waals surface area contributed by atoms with E-state index in [4.69, 9.17) is 4.98 Å². The molecule has 3 aromatic rings. The van der Waals surface area contributed by atoms with E-state index in [-0.39, 0.29) is 5.91 Å². The van der Waals surface area contributed by atoms with E-state index in [2.05, 4.69) is 42.8 Å². The van der Waals surface area contributed by atoms with Crippen molar-refractivity contribution in [2.45, 2.75) is 33.6 Å². The first-order valence-corrected chi connectivity index (χ1v) is 9.18. The van der Waals surface area contributed by atoms with E-state index in [1.165, 1.54) is 5.56 Å². The number of aryl methyl sites for hydroxylation is 2. The molecular formula is C20H19BrN2O. The van der Waals surface area contributed by atoms with Gasteiger partial charge in [-0.05, 0) is 49.6 Å². The van der Waals surface area contributed by atoms with Gasteiger partial charge in [-0.25, -0.2) is 4.98 Å². The molecule has 122 valence electrons. The van der Waals surface area contributed by atoms with Gasteiger partial charge in [0.1, 0.15) is 0 Å². The number of nitrogens with zero attached hydrogens (tertiary/aromatic N) is 2. The van der Waals surface area contributed by atoms with Crippen molar-refractivity contribution in [3.63, 3.8) is 0 Å². The van der Waals surface area contributed by atoms with Crippen LogP contribution in [0.4, 0.5) is 5.69 Å². The summed E-state index contributed by atoms with van der Waals surface area (Å²) in [5, 5.41) is 1.94. The van der Waals surface area contributed by atoms with Gasteiger partial charge < -0.3 is 4.90 Å². The number of carbonyl (C=O) groups is 1. The van der Waals surface area contributed by atoms with Crippen molar-refractivity contribution >= 4 is 49.3 Å². The summed E-state index contributed by atoms with van der Waals surface area (Å²) in [5.74, 6) is 0.104. The van der Waals surface area contributed by atoms with Crippen molar-refractivity contribution in [2.24, 2.45) is 0 Å². The van der Waals surface area contributed by atoms with Gasteiger partial charge in [0.05, 0.1) is 22.3 Å². The minimum absolute atomic E-state index is 0.104. The van der Waals surface area contributed by atoms with Crippen molar-refractivity contribution in [1.82, 2.24) is 4.98 Å². The van der Waals surface area contributed by atoms with Gasteiger partial charge in [0, 0.05) is 21.8 Å². The molecule has 1 aliphatic heterocycles. The van der Waals surface area contributed by atoms with Crippen LogP contribution in [0.25, 0.3) is 21.8 Å². The largest absolute Gasteiger partial charge is 0.308 e. The van der Waals surface area contributed by atoms with Crippen LogP contribution in [0, 0.1) is 13.8 Å². The SMILES string of the molecule is CCCCN1C(=O)c2c3c(Br)cccc3nc3c(C)c(C)cc1c23. The maximum absolute atomic E-state index is 13.2. The summed E-state index contributed by atoms with van der Waals surface area (Å²) in [6, 6.07) is 8.08. The lowest BCUT2D eigenvalue weighted by molar-refractivity contribution is 0.0994. The van der Waals surface area contributed by atoms with Crippen molar-refractivity contribution in [3.05, 3.63) is 45.4 Å². The number of rotatable bonds is 3. The molecule has 24 heavy (non-hydrogen) atoms. The first-order valence-electron chi connectivity index (χ1n) is 8.38. The Bertz CT molecular complexity index is 1010. The Morgan fingerprint density at radius 2 is 2.00 bits per heavy atom. The molecule has 0 bridgehead atoms. The number of aromatic nitrogens is 1. The van der Waals surface area contributed by atoms with Gasteiger partial charge in [-0.3, -0.25) is 4.79 Å². The fraction of sp³-hybridized carbons (Fsp3) is 0.300. The monoisotopic (exact) mass is 382 g/mol. The number of halogens is 1. The minimum atomic E-state index is 0.104. The van der Waals surface area contributed by atoms with Gasteiger partial charge in [0.25, 0.3) is 5.91 Å². The van der Waals surface area contributed by atoms with Gasteiger partial charge in [0.15, 0.2) is 0 Å². The summed E-state index contributed by atoms with van der Waals surface area (Å²) in [6.07, 6.45) is 2.07. The van der Waals surface area contributed by atoms with E-state index in [1.54, 1.807) is 0 Å². The van der Waals surface area contributed by atoms with Crippen LogP contribution in [0.2, 0.25) is 0 Å². The maximum Gasteiger partial charge on any atom is 0.259 e. The van der Waals surface area contributed by atoms with Crippen LogP contribution in [0.5, 0.6) is 0 Å². The second-order valence-electron chi connectivity index (χ2n) is 6.49. The molecule has 1 aromatic heterocycles. The normalized spacial score (nSPS) is 13.5. The van der Waals surface area contributed by atoms with E-state index in [0.29, 0.717) is 0 Å². The lowest BCUT2D eigenvalue weighted by Crippen LogP contribution is -2.27. The van der Waals surface area contributed by atoms with E-state index in [1.807, 2.05) is 23.1 Å². The third-order valence-corrected chi connectivity index (χ3v) is 5.66. The summed E-state index contributed by atoms with van der Waals surface area (Å²) in [4.78, 5) is 20.1. The number of anilines is 1. The van der Waals surface area contributed by atoms with Crippen molar-refractivity contribution < 1.29 is 4.79 Å². The summed E-state index contributed by atoms with van der Waals surface area (Å²) >= 11 is 3.62. The number of amides is 1. The van der Waals surface area contributed by atoms with Crippen molar-refractivity contribution in [1.29, 1.82) is 0 Å². The zero-order chi connectivity index (χ0) is 17.0. The van der Waals surface area contributed by atoms with Gasteiger partial charge in [-0.2, -0.15) is 0 Å². The van der Waals surface area contributed by atoms with Crippen LogP contribution in [0.15, 0.2) is 28.7 Å². The molecule has 0 saturated carbocycles. The van der Waals surface area contributed by atoms with Crippen LogP contribution in [-0.4, -0.2) is 17.4 Å². The number of benzene rings is 2. The molecule has 0 N–H and O–H groups in total. The fourth-order valence-electron chi connectivity index (χ4n) is 3.58. The van der Waals surface area contributed by atoms with Gasteiger partial charge in [-0.1, -0.05) is 35.3 Å². The molecule has 0 fully saturated rings. The lowest BCUT2D eigenvalue weighted by Gasteiger charge is -2.18. The Labute approximate surface area is 149 Å². The molecule has 1 amide bonds. The Kier molecular flexibility index (Phi) is 3.61. The third kappa shape index (κ3) is 2.02. The molecule has 0 radical (unpaired) electrons. The maximum atomic E-state index is 13.2. The highest BCUT2D eigenvalue weighted by Crippen LogP contribution is 2.44. The van der Waals surface area contributed by atoms with E-state index in [0.717, 1.165) is 62.5 Å². The fourth-order valence-corrected chi connectivity index (χ4v) is 4.13. The summed E-state index contributed by atoms with van der Waals surface area (Å²) < 4.78 is 0.930. The Morgan fingerprint density at radius 1 is 1.21 bits per heavy atom. The Balaban J connectivity index is 2.16. The molecule has 4 heteroatoms. The highest BCUT2D eigenvalue weighted by atomic mass is 79.9. The third-order valence-electron chi connectivity index (χ3n) is 5.00. The molecule has 0 saturated heterocycles. The first-order chi connectivity index (χ1) is 11.5. The number of fused-ring (bicyclic) bond motifs is 2. The molecule has 0 spiro atoms. The van der Waals surface area contributed by atoms with Crippen molar-refractivity contribution in [3.8, 4) is 0 Å². The number of unbranched alkanes of at least 4 members (excludes halogenated alkanes) is 1. The summed E-state index contributed by atoms with van der Waals surface area (Å²) in [5.41, 5.74) is 5.99. The second-order valence-corrected chi connectivity index (χ2v) is 7.35. The number of hydrogen-bond donors (Lipinski definition) is 0. The average Bonchev–Trinajstić information content (AvgIpc) is 2.83. The van der Waals surface area contributed by atoms with Gasteiger partial charge in [-0.15, -0.1) is 0 Å². The number of carbonyl (C=O) groups excluding carboxylic acids is 1. The number of pyridine rings is 1. The molecule has 2 aromatic carbocycles. The predicted molar refractivity (Wildman–Crippen MR) is 103 cm³/mol. The smallest absolute Gasteiger partial charge is 0.259 e. The topological polar surface area (TPSA) is 33.2 Å². The van der Waals surface area contributed by atoms with Crippen LogP contribution >= 0.6 is 15.9 Å². The zero-order valence-electron chi connectivity index (χ0n) is 14.1. The van der Waals surface area contributed by atoms with Gasteiger partial charge >= 0.3 is 0 Å². The van der Waals surface area contributed by atoms with Gasteiger partial charge in [0.2, 0.25) is 0 Å². The zero-order valence-corrected chi connectivity index (χ0v) is 15.7. The van der Waals surface area contributed by atoms with Crippen LogP contribution in [0.3, 0.4) is 0 Å². The molecule has 0 unspecified atom stereocenters. The summed E-state index contributed by atoms with van der Waals surface area (Å²) in [6.45, 7) is 7.09. The van der Waals surface area contributed by atoms with Crippen LogP contribution < -0.4 is 4.90 Å². The standard InChI is InChI=1S/C20H19BrN2O/c1-4-5-9-23-15-10-11(2)12(3)19-17(15)18(20(23)24)16-13(21)7-6-8-14(16)22-19/h6-8,10H,4-5,9H2,1-3H3. The highest BCUT2D eigenvalue weighted by Gasteiger charge is 2.33. The Hall–Kier alpha value is -1.94. The van der Waals surface area contributed by atoms with E-state index < -0.39 is 0 Å². The molecule has 1 aliphatic rings. The summed E-state index contributed by atoms with van der Waals surface area (Å²) in [7, 11) is 0. The Morgan fingerprint density at radius 3 is 2.75 bits per heavy atom. The molecule has 2 heterocycles. The molecule has 0 aliphatic carbocycles. The molecular weight excluding hydrogens is 364 g/mol. The second kappa shape index (κ2) is 5.55. The molecule has 4 rings (SSSR count). The van der Waals surface area contributed by atoms with E-state index >= 15 is 0 Å². The lowest BCUT2D eigenvalue weighted by atomic mass is 9.99. The quantitative estimate of drug-likeness (QED) is 0.558. The first kappa shape index (κ1) is 15.6. The predicted octanol–water partition coefficient (Wildman–Crippen LogP) is 5.53. The number of hydrogen-bond acceptors (Lipinski definition) is 2. The van der Waals surface area contributed by atoms with Crippen LogP contribution in [0.1, 0.15) is 41.3 Å².